The highest BCUT2D eigenvalue weighted by Crippen LogP contribution is 2.01. The fourth-order valence-corrected chi connectivity index (χ4v) is 1.11. The van der Waals surface area contributed by atoms with Crippen LogP contribution in [-0.4, -0.2) is 22.7 Å². The van der Waals surface area contributed by atoms with Gasteiger partial charge in [0.15, 0.2) is 5.76 Å². The van der Waals surface area contributed by atoms with Crippen LogP contribution in [0.15, 0.2) is 15.7 Å². The Kier molecular flexibility index (Phi) is 4.11. The Balaban J connectivity index is 2.27. The van der Waals surface area contributed by atoms with Gasteiger partial charge >= 0.3 is 0 Å². The fraction of sp³-hybridized carbons (Fsp3) is 0.556. The molecular weight excluding hydrogens is 196 g/mol. The lowest BCUT2D eigenvalue weighted by Crippen LogP contribution is -2.30. The molecule has 1 atom stereocenters. The summed E-state index contributed by atoms with van der Waals surface area (Å²) in [6.45, 7) is 4.94. The lowest BCUT2D eigenvalue weighted by Gasteiger charge is -2.09. The molecule has 0 fully saturated rings. The molecule has 0 saturated heterocycles. The average Bonchev–Trinajstić information content (AvgIpc) is 2.63. The lowest BCUT2D eigenvalue weighted by atomic mass is 10.1. The summed E-state index contributed by atoms with van der Waals surface area (Å²) >= 11 is 0. The van der Waals surface area contributed by atoms with Crippen LogP contribution in [0.1, 0.15) is 18.4 Å². The highest BCUT2D eigenvalue weighted by atomic mass is 16.5. The van der Waals surface area contributed by atoms with Gasteiger partial charge in [-0.25, -0.2) is 0 Å². The predicted molar refractivity (Wildman–Crippen MR) is 55.5 cm³/mol. The standard InChI is InChI=1S/C9H16N4O2/c1-6(9(10)12-14)4-11-5-8-3-7(2)13-15-8/h3,6,11,14H,4-5H2,1-2H3,(H2,10,12). The maximum Gasteiger partial charge on any atom is 0.150 e. The molecule has 15 heavy (non-hydrogen) atoms. The summed E-state index contributed by atoms with van der Waals surface area (Å²) in [7, 11) is 0. The highest BCUT2D eigenvalue weighted by molar-refractivity contribution is 5.82. The van der Waals surface area contributed by atoms with E-state index in [4.69, 9.17) is 15.5 Å². The van der Waals surface area contributed by atoms with Crippen molar-refractivity contribution in [3.8, 4) is 0 Å². The molecular formula is C9H16N4O2. The average molecular weight is 212 g/mol. The van der Waals surface area contributed by atoms with Crippen molar-refractivity contribution < 1.29 is 9.73 Å². The largest absolute Gasteiger partial charge is 0.409 e. The van der Waals surface area contributed by atoms with Crippen molar-refractivity contribution in [2.24, 2.45) is 16.8 Å². The van der Waals surface area contributed by atoms with Gasteiger partial charge in [0.05, 0.1) is 12.2 Å². The Morgan fingerprint density at radius 1 is 1.80 bits per heavy atom. The molecule has 0 bridgehead atoms. The number of amidine groups is 1. The molecule has 0 spiro atoms. The fourth-order valence-electron chi connectivity index (χ4n) is 1.11. The van der Waals surface area contributed by atoms with E-state index in [2.05, 4.69) is 15.6 Å². The zero-order chi connectivity index (χ0) is 11.3. The number of aromatic nitrogens is 1. The Morgan fingerprint density at radius 2 is 2.53 bits per heavy atom. The first kappa shape index (κ1) is 11.5. The van der Waals surface area contributed by atoms with Gasteiger partial charge in [-0.15, -0.1) is 0 Å². The first-order valence-corrected chi connectivity index (χ1v) is 4.73. The summed E-state index contributed by atoms with van der Waals surface area (Å²) < 4.78 is 5.01. The number of hydrogen-bond acceptors (Lipinski definition) is 5. The first-order valence-electron chi connectivity index (χ1n) is 4.73. The van der Waals surface area contributed by atoms with Gasteiger partial charge in [-0.1, -0.05) is 17.2 Å². The monoisotopic (exact) mass is 212 g/mol. The Morgan fingerprint density at radius 3 is 3.07 bits per heavy atom. The molecule has 0 radical (unpaired) electrons. The van der Waals surface area contributed by atoms with Crippen molar-refractivity contribution in [2.45, 2.75) is 20.4 Å². The zero-order valence-electron chi connectivity index (χ0n) is 8.90. The molecule has 1 heterocycles. The highest BCUT2D eigenvalue weighted by Gasteiger charge is 2.07. The molecule has 1 rings (SSSR count). The van der Waals surface area contributed by atoms with E-state index in [-0.39, 0.29) is 11.8 Å². The van der Waals surface area contributed by atoms with Crippen molar-refractivity contribution >= 4 is 5.84 Å². The first-order chi connectivity index (χ1) is 7.13. The van der Waals surface area contributed by atoms with Gasteiger partial charge in [-0.05, 0) is 6.92 Å². The minimum Gasteiger partial charge on any atom is -0.409 e. The van der Waals surface area contributed by atoms with Crippen LogP contribution in [-0.2, 0) is 6.54 Å². The smallest absolute Gasteiger partial charge is 0.150 e. The van der Waals surface area contributed by atoms with Gasteiger partial charge in [-0.2, -0.15) is 0 Å². The minimum absolute atomic E-state index is 0.0148. The van der Waals surface area contributed by atoms with Crippen LogP contribution >= 0.6 is 0 Å². The summed E-state index contributed by atoms with van der Waals surface area (Å²) in [5, 5.41) is 18.3. The molecule has 0 aromatic carbocycles. The lowest BCUT2D eigenvalue weighted by molar-refractivity contribution is 0.313. The normalized spacial score (nSPS) is 14.1. The molecule has 1 aromatic heterocycles. The molecule has 1 aromatic rings. The Bertz CT molecular complexity index is 335. The second-order valence-electron chi connectivity index (χ2n) is 3.49. The summed E-state index contributed by atoms with van der Waals surface area (Å²) in [6, 6.07) is 1.86. The molecule has 0 saturated carbocycles. The quantitative estimate of drug-likeness (QED) is 0.285. The van der Waals surface area contributed by atoms with Gasteiger partial charge in [0.2, 0.25) is 0 Å². The summed E-state index contributed by atoms with van der Waals surface area (Å²) in [6.07, 6.45) is 0. The van der Waals surface area contributed by atoms with Crippen molar-refractivity contribution in [3.05, 3.63) is 17.5 Å². The van der Waals surface area contributed by atoms with Crippen molar-refractivity contribution in [2.75, 3.05) is 6.54 Å². The summed E-state index contributed by atoms with van der Waals surface area (Å²) in [5.41, 5.74) is 6.28. The van der Waals surface area contributed by atoms with Gasteiger partial charge < -0.3 is 20.8 Å². The van der Waals surface area contributed by atoms with E-state index >= 15 is 0 Å². The SMILES string of the molecule is Cc1cc(CNCC(C)C(N)=NO)on1. The number of nitrogens with one attached hydrogen (secondary N) is 1. The van der Waals surface area contributed by atoms with E-state index < -0.39 is 0 Å². The maximum absolute atomic E-state index is 8.43. The molecule has 1 unspecified atom stereocenters. The van der Waals surface area contributed by atoms with Gasteiger partial charge in [-0.3, -0.25) is 0 Å². The number of aryl methyl sites for hydroxylation is 1. The number of rotatable bonds is 5. The second-order valence-corrected chi connectivity index (χ2v) is 3.49. The van der Waals surface area contributed by atoms with Crippen LogP contribution < -0.4 is 11.1 Å². The third kappa shape index (κ3) is 3.59. The van der Waals surface area contributed by atoms with E-state index in [0.29, 0.717) is 13.1 Å². The maximum atomic E-state index is 8.43. The molecule has 0 aliphatic heterocycles. The number of nitrogens with two attached hydrogens (primary N) is 1. The van der Waals surface area contributed by atoms with Gasteiger partial charge in [0.25, 0.3) is 0 Å². The molecule has 4 N–H and O–H groups in total. The topological polar surface area (TPSA) is 96.7 Å². The van der Waals surface area contributed by atoms with Crippen molar-refractivity contribution in [3.63, 3.8) is 0 Å². The molecule has 84 valence electrons. The van der Waals surface area contributed by atoms with E-state index in [1.807, 2.05) is 19.9 Å². The third-order valence-corrected chi connectivity index (χ3v) is 2.05. The van der Waals surface area contributed by atoms with E-state index in [1.54, 1.807) is 0 Å². The van der Waals surface area contributed by atoms with Crippen molar-refractivity contribution in [1.29, 1.82) is 0 Å². The predicted octanol–water partition coefficient (Wildman–Crippen LogP) is 0.455. The second kappa shape index (κ2) is 5.35. The van der Waals surface area contributed by atoms with Crippen LogP contribution in [0.5, 0.6) is 0 Å². The third-order valence-electron chi connectivity index (χ3n) is 2.05. The molecule has 0 amide bonds. The van der Waals surface area contributed by atoms with E-state index in [9.17, 15) is 0 Å². The van der Waals surface area contributed by atoms with Gasteiger partial charge in [0.1, 0.15) is 5.84 Å². The minimum atomic E-state index is -0.0148. The molecule has 0 aliphatic rings. The van der Waals surface area contributed by atoms with Crippen molar-refractivity contribution in [1.82, 2.24) is 10.5 Å². The Labute approximate surface area is 88.1 Å². The number of hydrogen-bond donors (Lipinski definition) is 3. The molecule has 6 nitrogen and oxygen atoms in total. The van der Waals surface area contributed by atoms with E-state index in [0.717, 1.165) is 11.5 Å². The van der Waals surface area contributed by atoms with Crippen LogP contribution in [0.2, 0.25) is 0 Å². The van der Waals surface area contributed by atoms with Gasteiger partial charge in [0, 0.05) is 18.5 Å². The summed E-state index contributed by atoms with van der Waals surface area (Å²) in [5.74, 6) is 0.981. The number of oxime groups is 1. The molecule has 6 heteroatoms. The molecule has 0 aliphatic carbocycles. The van der Waals surface area contributed by atoms with Crippen LogP contribution in [0.4, 0.5) is 0 Å². The zero-order valence-corrected chi connectivity index (χ0v) is 8.90. The Hall–Kier alpha value is -1.56. The van der Waals surface area contributed by atoms with Crippen LogP contribution in [0.25, 0.3) is 0 Å². The summed E-state index contributed by atoms with van der Waals surface area (Å²) in [4.78, 5) is 0. The van der Waals surface area contributed by atoms with E-state index in [1.165, 1.54) is 0 Å². The number of nitrogens with zero attached hydrogens (tertiary/aromatic N) is 2. The van der Waals surface area contributed by atoms with Crippen LogP contribution in [0, 0.1) is 12.8 Å². The van der Waals surface area contributed by atoms with Crippen LogP contribution in [0.3, 0.4) is 0 Å².